The van der Waals surface area contributed by atoms with Crippen LogP contribution in [0.25, 0.3) is 11.0 Å². The minimum absolute atomic E-state index is 0.644. The SMILES string of the molecule is c1cnc2c(Cc3cnccn3)n[nH]c2c1. The van der Waals surface area contributed by atoms with E-state index >= 15 is 0 Å². The van der Waals surface area contributed by atoms with Gasteiger partial charge in [0.05, 0.1) is 16.9 Å². The van der Waals surface area contributed by atoms with Crippen LogP contribution in [0, 0.1) is 0 Å². The Kier molecular flexibility index (Phi) is 2.07. The Balaban J connectivity index is 2.01. The third kappa shape index (κ3) is 1.52. The van der Waals surface area contributed by atoms with Gasteiger partial charge >= 0.3 is 0 Å². The highest BCUT2D eigenvalue weighted by atomic mass is 15.1. The number of aromatic amines is 1. The standard InChI is InChI=1S/C11H9N5/c1-2-9-11(14-3-1)10(16-15-9)6-8-7-12-4-5-13-8/h1-5,7H,6H2,(H,15,16). The van der Waals surface area contributed by atoms with Crippen molar-refractivity contribution in [2.24, 2.45) is 0 Å². The van der Waals surface area contributed by atoms with Crippen molar-refractivity contribution in [3.8, 4) is 0 Å². The second-order valence-electron chi connectivity index (χ2n) is 3.44. The number of hydrogen-bond acceptors (Lipinski definition) is 4. The summed E-state index contributed by atoms with van der Waals surface area (Å²) in [7, 11) is 0. The van der Waals surface area contributed by atoms with Crippen LogP contribution in [0.15, 0.2) is 36.9 Å². The van der Waals surface area contributed by atoms with E-state index in [-0.39, 0.29) is 0 Å². The normalized spacial score (nSPS) is 10.8. The van der Waals surface area contributed by atoms with E-state index in [1.54, 1.807) is 24.8 Å². The molecule has 0 saturated heterocycles. The molecule has 0 spiro atoms. The molecule has 3 aromatic rings. The van der Waals surface area contributed by atoms with Gasteiger partial charge in [-0.05, 0) is 12.1 Å². The first-order chi connectivity index (χ1) is 7.93. The van der Waals surface area contributed by atoms with Gasteiger partial charge in [-0.2, -0.15) is 5.10 Å². The molecule has 3 heterocycles. The number of H-pyrrole nitrogens is 1. The zero-order valence-corrected chi connectivity index (χ0v) is 8.46. The highest BCUT2D eigenvalue weighted by Gasteiger charge is 2.07. The molecule has 16 heavy (non-hydrogen) atoms. The predicted molar refractivity (Wildman–Crippen MR) is 58.7 cm³/mol. The lowest BCUT2D eigenvalue weighted by Gasteiger charge is -1.95. The second kappa shape index (κ2) is 3.69. The summed E-state index contributed by atoms with van der Waals surface area (Å²) in [5.74, 6) is 0. The summed E-state index contributed by atoms with van der Waals surface area (Å²) in [5.41, 5.74) is 3.63. The van der Waals surface area contributed by atoms with Crippen LogP contribution < -0.4 is 0 Å². The predicted octanol–water partition coefficient (Wildman–Crippen LogP) is 1.34. The Morgan fingerprint density at radius 1 is 1.12 bits per heavy atom. The summed E-state index contributed by atoms with van der Waals surface area (Å²) < 4.78 is 0. The zero-order chi connectivity index (χ0) is 10.8. The molecule has 3 aromatic heterocycles. The van der Waals surface area contributed by atoms with Crippen molar-refractivity contribution in [1.82, 2.24) is 25.1 Å². The van der Waals surface area contributed by atoms with Gasteiger partial charge in [-0.3, -0.25) is 20.1 Å². The van der Waals surface area contributed by atoms with Crippen molar-refractivity contribution in [1.29, 1.82) is 0 Å². The van der Waals surface area contributed by atoms with Gasteiger partial charge in [-0.1, -0.05) is 0 Å². The average Bonchev–Trinajstić information content (AvgIpc) is 2.74. The Hall–Kier alpha value is -2.30. The van der Waals surface area contributed by atoms with Gasteiger partial charge in [0, 0.05) is 31.2 Å². The van der Waals surface area contributed by atoms with Gasteiger partial charge in [0.2, 0.25) is 0 Å². The number of nitrogens with zero attached hydrogens (tertiary/aromatic N) is 4. The van der Waals surface area contributed by atoms with Gasteiger partial charge in [-0.15, -0.1) is 0 Å². The fourth-order valence-corrected chi connectivity index (χ4v) is 1.62. The molecule has 1 N–H and O–H groups in total. The fraction of sp³-hybridized carbons (Fsp3) is 0.0909. The van der Waals surface area contributed by atoms with E-state index in [1.165, 1.54) is 0 Å². The van der Waals surface area contributed by atoms with Crippen LogP contribution in [0.4, 0.5) is 0 Å². The third-order valence-electron chi connectivity index (χ3n) is 2.36. The van der Waals surface area contributed by atoms with Crippen molar-refractivity contribution >= 4 is 11.0 Å². The van der Waals surface area contributed by atoms with Gasteiger partial charge < -0.3 is 0 Å². The highest BCUT2D eigenvalue weighted by Crippen LogP contribution is 2.14. The molecule has 0 aliphatic carbocycles. The molecule has 3 rings (SSSR count). The quantitative estimate of drug-likeness (QED) is 0.694. The number of fused-ring (bicyclic) bond motifs is 1. The Labute approximate surface area is 91.6 Å². The lowest BCUT2D eigenvalue weighted by atomic mass is 10.2. The molecule has 0 unspecified atom stereocenters. The Morgan fingerprint density at radius 2 is 2.12 bits per heavy atom. The third-order valence-corrected chi connectivity index (χ3v) is 2.36. The Bertz CT molecular complexity index is 602. The van der Waals surface area contributed by atoms with Crippen LogP contribution >= 0.6 is 0 Å². The van der Waals surface area contributed by atoms with E-state index in [1.807, 2.05) is 12.1 Å². The maximum absolute atomic E-state index is 4.30. The molecule has 0 aliphatic rings. The first-order valence-electron chi connectivity index (χ1n) is 4.96. The largest absolute Gasteiger partial charge is 0.276 e. The maximum Gasteiger partial charge on any atom is 0.112 e. The average molecular weight is 211 g/mol. The fourth-order valence-electron chi connectivity index (χ4n) is 1.62. The molecule has 0 fully saturated rings. The summed E-state index contributed by atoms with van der Waals surface area (Å²) in [6.07, 6.45) is 7.48. The van der Waals surface area contributed by atoms with Crippen LogP contribution in [0.1, 0.15) is 11.4 Å². The van der Waals surface area contributed by atoms with E-state index in [2.05, 4.69) is 25.1 Å². The molecule has 78 valence electrons. The molecule has 0 atom stereocenters. The molecular weight excluding hydrogens is 202 g/mol. The van der Waals surface area contributed by atoms with Gasteiger partial charge in [0.15, 0.2) is 0 Å². The number of nitrogens with one attached hydrogen (secondary N) is 1. The van der Waals surface area contributed by atoms with E-state index in [9.17, 15) is 0 Å². The maximum atomic E-state index is 4.30. The van der Waals surface area contributed by atoms with Crippen molar-refractivity contribution in [3.63, 3.8) is 0 Å². The molecule has 0 aliphatic heterocycles. The van der Waals surface area contributed by atoms with E-state index in [4.69, 9.17) is 0 Å². The number of rotatable bonds is 2. The minimum atomic E-state index is 0.644. The van der Waals surface area contributed by atoms with Crippen molar-refractivity contribution in [3.05, 3.63) is 48.3 Å². The number of hydrogen-bond donors (Lipinski definition) is 1. The smallest absolute Gasteiger partial charge is 0.112 e. The first kappa shape index (κ1) is 8.96. The van der Waals surface area contributed by atoms with Gasteiger partial charge in [0.25, 0.3) is 0 Å². The van der Waals surface area contributed by atoms with E-state index in [0.29, 0.717) is 6.42 Å². The number of aromatic nitrogens is 5. The second-order valence-corrected chi connectivity index (χ2v) is 3.44. The van der Waals surface area contributed by atoms with Crippen LogP contribution in [0.5, 0.6) is 0 Å². The summed E-state index contributed by atoms with van der Waals surface area (Å²) in [4.78, 5) is 12.5. The van der Waals surface area contributed by atoms with Crippen molar-refractivity contribution in [2.45, 2.75) is 6.42 Å². The summed E-state index contributed by atoms with van der Waals surface area (Å²) in [6, 6.07) is 3.84. The number of pyridine rings is 1. The van der Waals surface area contributed by atoms with Crippen LogP contribution in [-0.4, -0.2) is 25.1 Å². The monoisotopic (exact) mass is 211 g/mol. The molecule has 5 nitrogen and oxygen atoms in total. The molecule has 0 amide bonds. The molecule has 5 heteroatoms. The van der Waals surface area contributed by atoms with Crippen LogP contribution in [0.3, 0.4) is 0 Å². The highest BCUT2D eigenvalue weighted by molar-refractivity contribution is 5.76. The Morgan fingerprint density at radius 3 is 3.00 bits per heavy atom. The van der Waals surface area contributed by atoms with Crippen LogP contribution in [-0.2, 0) is 6.42 Å². The lowest BCUT2D eigenvalue weighted by Crippen LogP contribution is -1.94. The van der Waals surface area contributed by atoms with Gasteiger partial charge in [-0.25, -0.2) is 0 Å². The summed E-state index contributed by atoms with van der Waals surface area (Å²) in [5, 5.41) is 7.18. The first-order valence-corrected chi connectivity index (χ1v) is 4.96. The molecule has 0 radical (unpaired) electrons. The molecule has 0 saturated carbocycles. The van der Waals surface area contributed by atoms with Crippen molar-refractivity contribution in [2.75, 3.05) is 0 Å². The minimum Gasteiger partial charge on any atom is -0.276 e. The topological polar surface area (TPSA) is 67.3 Å². The van der Waals surface area contributed by atoms with Crippen LogP contribution in [0.2, 0.25) is 0 Å². The lowest BCUT2D eigenvalue weighted by molar-refractivity contribution is 0.960. The van der Waals surface area contributed by atoms with E-state index in [0.717, 1.165) is 22.4 Å². The molecular formula is C11H9N5. The summed E-state index contributed by atoms with van der Waals surface area (Å²) >= 11 is 0. The van der Waals surface area contributed by atoms with Crippen molar-refractivity contribution < 1.29 is 0 Å². The van der Waals surface area contributed by atoms with Gasteiger partial charge in [0.1, 0.15) is 5.52 Å². The molecule has 0 aromatic carbocycles. The summed E-state index contributed by atoms with van der Waals surface area (Å²) in [6.45, 7) is 0. The molecule has 0 bridgehead atoms. The van der Waals surface area contributed by atoms with E-state index < -0.39 is 0 Å². The zero-order valence-electron chi connectivity index (χ0n) is 8.46.